The molecular formula is C25H25NO3S. The first-order valence-corrected chi connectivity index (χ1v) is 11.3. The minimum absolute atomic E-state index is 0.120. The van der Waals surface area contributed by atoms with Crippen LogP contribution in [0.25, 0.3) is 10.8 Å². The van der Waals surface area contributed by atoms with E-state index in [0.29, 0.717) is 0 Å². The van der Waals surface area contributed by atoms with E-state index in [4.69, 9.17) is 4.74 Å². The number of piperidine rings is 1. The van der Waals surface area contributed by atoms with Gasteiger partial charge in [-0.1, -0.05) is 60.7 Å². The Morgan fingerprint density at radius 3 is 2.33 bits per heavy atom. The molecule has 0 aliphatic carbocycles. The van der Waals surface area contributed by atoms with Crippen LogP contribution in [0.4, 0.5) is 0 Å². The number of amides is 1. The molecule has 3 aromatic carbocycles. The van der Waals surface area contributed by atoms with E-state index in [-0.39, 0.29) is 17.6 Å². The van der Waals surface area contributed by atoms with Gasteiger partial charge in [-0.05, 0) is 42.2 Å². The van der Waals surface area contributed by atoms with Crippen molar-refractivity contribution in [2.45, 2.75) is 30.3 Å². The average molecular weight is 420 g/mol. The summed E-state index contributed by atoms with van der Waals surface area (Å²) < 4.78 is 5.71. The van der Waals surface area contributed by atoms with Crippen molar-refractivity contribution in [1.29, 1.82) is 0 Å². The molecule has 1 aliphatic heterocycles. The van der Waals surface area contributed by atoms with Gasteiger partial charge in [-0.15, -0.1) is 11.8 Å². The van der Waals surface area contributed by atoms with Crippen LogP contribution < -0.4 is 0 Å². The minimum atomic E-state index is -0.881. The third-order valence-corrected chi connectivity index (χ3v) is 6.29. The first kappa shape index (κ1) is 20.5. The maximum absolute atomic E-state index is 13.1. The number of benzene rings is 3. The number of nitrogens with zero attached hydrogens (tertiary/aromatic N) is 1. The molecule has 4 rings (SSSR count). The zero-order valence-corrected chi connectivity index (χ0v) is 17.6. The van der Waals surface area contributed by atoms with E-state index < -0.39 is 6.10 Å². The average Bonchev–Trinajstić information content (AvgIpc) is 2.82. The molecule has 1 atom stereocenters. The molecule has 0 saturated carbocycles. The van der Waals surface area contributed by atoms with Gasteiger partial charge < -0.3 is 9.64 Å². The van der Waals surface area contributed by atoms with Gasteiger partial charge in [0.15, 0.2) is 0 Å². The molecule has 5 heteroatoms. The predicted octanol–water partition coefficient (Wildman–Crippen LogP) is 5.23. The van der Waals surface area contributed by atoms with Gasteiger partial charge in [0.05, 0.1) is 5.75 Å². The molecule has 0 unspecified atom stereocenters. The molecule has 0 spiro atoms. The molecule has 1 fully saturated rings. The summed E-state index contributed by atoms with van der Waals surface area (Å²) in [5.41, 5.74) is 0.720. The lowest BCUT2D eigenvalue weighted by molar-refractivity contribution is -0.159. The smallest absolute Gasteiger partial charge is 0.317 e. The van der Waals surface area contributed by atoms with Crippen molar-refractivity contribution in [3.63, 3.8) is 0 Å². The highest BCUT2D eigenvalue weighted by Crippen LogP contribution is 2.26. The topological polar surface area (TPSA) is 46.6 Å². The second kappa shape index (κ2) is 9.81. The van der Waals surface area contributed by atoms with Crippen LogP contribution in [0.5, 0.6) is 0 Å². The molecule has 3 aromatic rings. The molecule has 0 aromatic heterocycles. The number of carbonyl (C=O) groups excluding carboxylic acids is 2. The van der Waals surface area contributed by atoms with Crippen LogP contribution in [0.2, 0.25) is 0 Å². The molecule has 0 bridgehead atoms. The lowest BCUT2D eigenvalue weighted by Gasteiger charge is -2.30. The summed E-state index contributed by atoms with van der Waals surface area (Å²) in [5, 5.41) is 2.30. The highest BCUT2D eigenvalue weighted by molar-refractivity contribution is 8.00. The molecule has 1 heterocycles. The minimum Gasteiger partial charge on any atom is -0.447 e. The van der Waals surface area contributed by atoms with Gasteiger partial charge >= 0.3 is 5.97 Å². The van der Waals surface area contributed by atoms with E-state index >= 15 is 0 Å². The Labute approximate surface area is 181 Å². The fraction of sp³-hybridized carbons (Fsp3) is 0.280. The number of fused-ring (bicyclic) bond motifs is 1. The quantitative estimate of drug-likeness (QED) is 0.405. The molecular weight excluding hydrogens is 394 g/mol. The van der Waals surface area contributed by atoms with Crippen LogP contribution in [-0.4, -0.2) is 35.6 Å². The Hall–Kier alpha value is -2.79. The zero-order valence-electron chi connectivity index (χ0n) is 16.8. The second-order valence-corrected chi connectivity index (χ2v) is 8.51. The molecule has 1 amide bonds. The number of carbonyl (C=O) groups is 2. The predicted molar refractivity (Wildman–Crippen MR) is 120 cm³/mol. The number of esters is 1. The number of hydrogen-bond donors (Lipinski definition) is 0. The van der Waals surface area contributed by atoms with Crippen molar-refractivity contribution < 1.29 is 14.3 Å². The molecule has 1 aliphatic rings. The van der Waals surface area contributed by atoms with E-state index in [1.807, 2.05) is 53.4 Å². The van der Waals surface area contributed by atoms with Crippen LogP contribution in [0.1, 0.15) is 30.9 Å². The third kappa shape index (κ3) is 5.03. The summed E-state index contributed by atoms with van der Waals surface area (Å²) in [6.45, 7) is 1.46. The van der Waals surface area contributed by atoms with Gasteiger partial charge in [-0.25, -0.2) is 0 Å². The fourth-order valence-corrected chi connectivity index (χ4v) is 4.46. The van der Waals surface area contributed by atoms with Gasteiger partial charge in [-0.3, -0.25) is 9.59 Å². The first-order valence-electron chi connectivity index (χ1n) is 10.4. The molecule has 0 N–H and O–H groups in total. The van der Waals surface area contributed by atoms with Gasteiger partial charge in [0.25, 0.3) is 5.91 Å². The van der Waals surface area contributed by atoms with Gasteiger partial charge in [0, 0.05) is 23.5 Å². The van der Waals surface area contributed by atoms with E-state index in [0.717, 1.165) is 48.2 Å². The highest BCUT2D eigenvalue weighted by Gasteiger charge is 2.30. The number of thioether (sulfide) groups is 1. The van der Waals surface area contributed by atoms with Crippen molar-refractivity contribution in [1.82, 2.24) is 4.90 Å². The lowest BCUT2D eigenvalue weighted by Crippen LogP contribution is -2.40. The van der Waals surface area contributed by atoms with Crippen LogP contribution in [0.15, 0.2) is 77.7 Å². The van der Waals surface area contributed by atoms with Gasteiger partial charge in [0.1, 0.15) is 0 Å². The normalized spacial score (nSPS) is 15.0. The van der Waals surface area contributed by atoms with Crippen molar-refractivity contribution in [3.05, 3.63) is 78.4 Å². The number of rotatable bonds is 6. The summed E-state index contributed by atoms with van der Waals surface area (Å²) in [6.07, 6.45) is 2.26. The molecule has 30 heavy (non-hydrogen) atoms. The van der Waals surface area contributed by atoms with Crippen molar-refractivity contribution in [3.8, 4) is 0 Å². The summed E-state index contributed by atoms with van der Waals surface area (Å²) in [7, 11) is 0. The Kier molecular flexibility index (Phi) is 6.70. The number of ether oxygens (including phenoxy) is 1. The van der Waals surface area contributed by atoms with Crippen molar-refractivity contribution in [2.75, 3.05) is 18.8 Å². The van der Waals surface area contributed by atoms with Gasteiger partial charge in [0.2, 0.25) is 6.10 Å². The monoisotopic (exact) mass is 419 g/mol. The molecule has 154 valence electrons. The van der Waals surface area contributed by atoms with E-state index in [2.05, 4.69) is 24.3 Å². The van der Waals surface area contributed by atoms with Crippen molar-refractivity contribution in [2.24, 2.45) is 0 Å². The largest absolute Gasteiger partial charge is 0.447 e. The van der Waals surface area contributed by atoms with Crippen LogP contribution in [0, 0.1) is 0 Å². The lowest BCUT2D eigenvalue weighted by atomic mass is 10.1. The molecule has 4 nitrogen and oxygen atoms in total. The third-order valence-electron chi connectivity index (χ3n) is 5.32. The molecule has 1 saturated heterocycles. The Balaban J connectivity index is 1.43. The van der Waals surface area contributed by atoms with E-state index in [9.17, 15) is 9.59 Å². The Bertz CT molecular complexity index is 1020. The highest BCUT2D eigenvalue weighted by atomic mass is 32.2. The summed E-state index contributed by atoms with van der Waals surface area (Å²) in [4.78, 5) is 28.6. The zero-order chi connectivity index (χ0) is 20.8. The van der Waals surface area contributed by atoms with Crippen LogP contribution in [-0.2, 0) is 14.3 Å². The summed E-state index contributed by atoms with van der Waals surface area (Å²) in [5.74, 6) is -0.341. The first-order chi connectivity index (χ1) is 14.7. The Morgan fingerprint density at radius 1 is 0.867 bits per heavy atom. The number of hydrogen-bond acceptors (Lipinski definition) is 4. The maximum Gasteiger partial charge on any atom is 0.317 e. The second-order valence-electron chi connectivity index (χ2n) is 7.46. The SMILES string of the molecule is O=C(CSc1ccc2ccccc2c1)O[C@@H](C(=O)N1CCCCC1)c1ccccc1. The van der Waals surface area contributed by atoms with Crippen molar-refractivity contribution >= 4 is 34.4 Å². The van der Waals surface area contributed by atoms with E-state index in [1.165, 1.54) is 17.1 Å². The Morgan fingerprint density at radius 2 is 1.57 bits per heavy atom. The summed E-state index contributed by atoms with van der Waals surface area (Å²) in [6, 6.07) is 23.6. The van der Waals surface area contributed by atoms with Crippen LogP contribution in [0.3, 0.4) is 0 Å². The maximum atomic E-state index is 13.1. The number of likely N-dealkylation sites (tertiary alicyclic amines) is 1. The standard InChI is InChI=1S/C25H25NO3S/c27-23(18-30-22-14-13-19-9-5-6-12-21(19)17-22)29-24(20-10-3-1-4-11-20)25(28)26-15-7-2-8-16-26/h1,3-6,9-14,17,24H,2,7-8,15-16,18H2/t24-/m1/s1. The van der Waals surface area contributed by atoms with Crippen LogP contribution >= 0.6 is 11.8 Å². The summed E-state index contributed by atoms with van der Waals surface area (Å²) >= 11 is 1.43. The van der Waals surface area contributed by atoms with E-state index in [1.54, 1.807) is 0 Å². The fourth-order valence-electron chi connectivity index (χ4n) is 3.73. The van der Waals surface area contributed by atoms with Gasteiger partial charge in [-0.2, -0.15) is 0 Å². The molecule has 0 radical (unpaired) electrons.